The monoisotopic (exact) mass is 448 g/mol. The number of aryl methyl sites for hydroxylation is 2. The summed E-state index contributed by atoms with van der Waals surface area (Å²) in [5, 5.41) is 15.5. The molecule has 4 rings (SSSR count). The first kappa shape index (κ1) is 21.0. The lowest BCUT2D eigenvalue weighted by Gasteiger charge is -2.12. The Bertz CT molecular complexity index is 1260. The van der Waals surface area contributed by atoms with Crippen LogP contribution in [0.25, 0.3) is 10.8 Å². The molecular weight excluding hydrogens is 428 g/mol. The molecule has 7 heteroatoms. The summed E-state index contributed by atoms with van der Waals surface area (Å²) in [6.07, 6.45) is 0.805. The maximum absolute atomic E-state index is 12.8. The van der Waals surface area contributed by atoms with Gasteiger partial charge >= 0.3 is 0 Å². The zero-order valence-corrected chi connectivity index (χ0v) is 18.7. The number of anilines is 1. The molecule has 3 aromatic carbocycles. The standard InChI is InChI=1S/C24H21ClN4OS/c1-14-21(15(2)29-28-14)13-16-9-11-17(12-10-16)26-24(31)27-23(30)20-7-3-6-19-18(20)5-4-8-22(19)25/h3-12H,13H2,1-2H3,(H,28,29)(H2,26,27,30,31). The lowest BCUT2D eigenvalue weighted by Crippen LogP contribution is -2.34. The molecule has 3 N–H and O–H groups in total. The minimum absolute atomic E-state index is 0.235. The number of carbonyl (C=O) groups is 1. The highest BCUT2D eigenvalue weighted by molar-refractivity contribution is 7.80. The van der Waals surface area contributed by atoms with Crippen LogP contribution in [0.4, 0.5) is 5.69 Å². The maximum atomic E-state index is 12.8. The number of halogens is 1. The molecule has 156 valence electrons. The van der Waals surface area contributed by atoms with Gasteiger partial charge in [-0.3, -0.25) is 15.2 Å². The number of amides is 1. The summed E-state index contributed by atoms with van der Waals surface area (Å²) >= 11 is 11.6. The van der Waals surface area contributed by atoms with E-state index in [4.69, 9.17) is 23.8 Å². The molecule has 0 saturated heterocycles. The Morgan fingerprint density at radius 3 is 2.45 bits per heavy atom. The van der Waals surface area contributed by atoms with E-state index < -0.39 is 0 Å². The number of H-pyrrole nitrogens is 1. The van der Waals surface area contributed by atoms with E-state index in [2.05, 4.69) is 20.8 Å². The third-order valence-corrected chi connectivity index (χ3v) is 5.75. The Labute approximate surface area is 190 Å². The van der Waals surface area contributed by atoms with Crippen LogP contribution < -0.4 is 10.6 Å². The van der Waals surface area contributed by atoms with Crippen molar-refractivity contribution in [3.63, 3.8) is 0 Å². The van der Waals surface area contributed by atoms with Crippen molar-refractivity contribution in [2.24, 2.45) is 0 Å². The van der Waals surface area contributed by atoms with Gasteiger partial charge < -0.3 is 5.32 Å². The third-order valence-electron chi connectivity index (χ3n) is 5.21. The quantitative estimate of drug-likeness (QED) is 0.358. The van der Waals surface area contributed by atoms with Crippen LogP contribution >= 0.6 is 23.8 Å². The van der Waals surface area contributed by atoms with Gasteiger partial charge in [0.05, 0.1) is 5.69 Å². The molecule has 0 unspecified atom stereocenters. The summed E-state index contributed by atoms with van der Waals surface area (Å²) in [5.41, 5.74) is 5.79. The Balaban J connectivity index is 1.42. The van der Waals surface area contributed by atoms with Crippen molar-refractivity contribution >= 4 is 51.3 Å². The number of aromatic amines is 1. The maximum Gasteiger partial charge on any atom is 0.258 e. The molecular formula is C24H21ClN4OS. The van der Waals surface area contributed by atoms with E-state index in [1.807, 2.05) is 62.4 Å². The van der Waals surface area contributed by atoms with Crippen molar-refractivity contribution in [2.75, 3.05) is 5.32 Å². The predicted molar refractivity (Wildman–Crippen MR) is 130 cm³/mol. The van der Waals surface area contributed by atoms with Crippen molar-refractivity contribution in [3.8, 4) is 0 Å². The minimum Gasteiger partial charge on any atom is -0.332 e. The SMILES string of the molecule is Cc1n[nH]c(C)c1Cc1ccc(NC(=S)NC(=O)c2cccc3c(Cl)cccc23)cc1. The summed E-state index contributed by atoms with van der Waals surface area (Å²) in [6, 6.07) is 18.9. The van der Waals surface area contributed by atoms with Crippen LogP contribution in [0.1, 0.15) is 32.9 Å². The average Bonchev–Trinajstić information content (AvgIpc) is 3.07. The fourth-order valence-corrected chi connectivity index (χ4v) is 4.00. The first-order chi connectivity index (χ1) is 14.9. The van der Waals surface area contributed by atoms with Crippen molar-refractivity contribution in [1.29, 1.82) is 0 Å². The lowest BCUT2D eigenvalue weighted by atomic mass is 10.0. The van der Waals surface area contributed by atoms with Crippen LogP contribution in [-0.4, -0.2) is 21.2 Å². The molecule has 0 aliphatic carbocycles. The molecule has 31 heavy (non-hydrogen) atoms. The summed E-state index contributed by atoms with van der Waals surface area (Å²) in [6.45, 7) is 4.02. The number of thiocarbonyl (C=S) groups is 1. The van der Waals surface area contributed by atoms with Crippen LogP contribution in [0.2, 0.25) is 5.02 Å². The third kappa shape index (κ3) is 4.60. The van der Waals surface area contributed by atoms with Crippen molar-refractivity contribution in [1.82, 2.24) is 15.5 Å². The highest BCUT2D eigenvalue weighted by atomic mass is 35.5. The highest BCUT2D eigenvalue weighted by Gasteiger charge is 2.13. The lowest BCUT2D eigenvalue weighted by molar-refractivity contribution is 0.0979. The minimum atomic E-state index is -0.284. The van der Waals surface area contributed by atoms with Crippen LogP contribution in [-0.2, 0) is 6.42 Å². The largest absolute Gasteiger partial charge is 0.332 e. The van der Waals surface area contributed by atoms with Crippen LogP contribution in [0.15, 0.2) is 60.7 Å². The summed E-state index contributed by atoms with van der Waals surface area (Å²) < 4.78 is 0. The van der Waals surface area contributed by atoms with E-state index in [-0.39, 0.29) is 11.0 Å². The van der Waals surface area contributed by atoms with Crippen molar-refractivity contribution < 1.29 is 4.79 Å². The number of aromatic nitrogens is 2. The van der Waals surface area contributed by atoms with Crippen LogP contribution in [0.3, 0.4) is 0 Å². The Kier molecular flexibility index (Phi) is 6.02. The Morgan fingerprint density at radius 1 is 1.03 bits per heavy atom. The molecule has 0 atom stereocenters. The van der Waals surface area contributed by atoms with Crippen LogP contribution in [0.5, 0.6) is 0 Å². The fourth-order valence-electron chi connectivity index (χ4n) is 3.55. The number of rotatable bonds is 4. The molecule has 0 aliphatic rings. The van der Waals surface area contributed by atoms with Gasteiger partial charge in [-0.15, -0.1) is 0 Å². The Morgan fingerprint density at radius 2 is 1.74 bits per heavy atom. The molecule has 0 aliphatic heterocycles. The van der Waals surface area contributed by atoms with Gasteiger partial charge in [0.1, 0.15) is 0 Å². The molecule has 0 saturated carbocycles. The number of benzene rings is 3. The van der Waals surface area contributed by atoms with E-state index in [9.17, 15) is 4.79 Å². The van der Waals surface area contributed by atoms with Gasteiger partial charge in [-0.2, -0.15) is 5.10 Å². The normalized spacial score (nSPS) is 10.8. The summed E-state index contributed by atoms with van der Waals surface area (Å²) in [5.74, 6) is -0.284. The van der Waals surface area contributed by atoms with Gasteiger partial charge in [0, 0.05) is 39.3 Å². The van der Waals surface area contributed by atoms with Gasteiger partial charge in [-0.05, 0) is 61.3 Å². The van der Waals surface area contributed by atoms with Gasteiger partial charge in [-0.25, -0.2) is 0 Å². The number of fused-ring (bicyclic) bond motifs is 1. The molecule has 5 nitrogen and oxygen atoms in total. The molecule has 0 bridgehead atoms. The topological polar surface area (TPSA) is 69.8 Å². The predicted octanol–water partition coefficient (Wildman–Crippen LogP) is 5.55. The second kappa shape index (κ2) is 8.88. The fraction of sp³-hybridized carbons (Fsp3) is 0.125. The van der Waals surface area contributed by atoms with Crippen LogP contribution in [0, 0.1) is 13.8 Å². The molecule has 0 spiro atoms. The summed E-state index contributed by atoms with van der Waals surface area (Å²) in [7, 11) is 0. The van der Waals surface area contributed by atoms with E-state index in [1.165, 1.54) is 11.1 Å². The second-order valence-corrected chi connectivity index (χ2v) is 8.15. The van der Waals surface area contributed by atoms with Gasteiger partial charge in [0.25, 0.3) is 5.91 Å². The second-order valence-electron chi connectivity index (χ2n) is 7.34. The average molecular weight is 449 g/mol. The number of hydrogen-bond acceptors (Lipinski definition) is 3. The Hall–Kier alpha value is -3.22. The van der Waals surface area contributed by atoms with Gasteiger partial charge in [0.15, 0.2) is 5.11 Å². The zero-order chi connectivity index (χ0) is 22.0. The summed E-state index contributed by atoms with van der Waals surface area (Å²) in [4.78, 5) is 12.8. The smallest absolute Gasteiger partial charge is 0.258 e. The molecule has 0 fully saturated rings. The highest BCUT2D eigenvalue weighted by Crippen LogP contribution is 2.26. The molecule has 4 aromatic rings. The molecule has 0 radical (unpaired) electrons. The number of nitrogens with one attached hydrogen (secondary N) is 3. The first-order valence-electron chi connectivity index (χ1n) is 9.81. The van der Waals surface area contributed by atoms with Crippen molar-refractivity contribution in [2.45, 2.75) is 20.3 Å². The number of nitrogens with zero attached hydrogens (tertiary/aromatic N) is 1. The molecule has 1 amide bonds. The molecule has 1 heterocycles. The van der Waals surface area contributed by atoms with Crippen molar-refractivity contribution in [3.05, 3.63) is 93.8 Å². The van der Waals surface area contributed by atoms with E-state index in [1.54, 1.807) is 12.1 Å². The molecule has 1 aromatic heterocycles. The number of hydrogen-bond donors (Lipinski definition) is 3. The van der Waals surface area contributed by atoms with E-state index in [0.717, 1.165) is 34.3 Å². The van der Waals surface area contributed by atoms with E-state index in [0.29, 0.717) is 10.6 Å². The van der Waals surface area contributed by atoms with E-state index >= 15 is 0 Å². The first-order valence-corrected chi connectivity index (χ1v) is 10.6. The van der Waals surface area contributed by atoms with Gasteiger partial charge in [-0.1, -0.05) is 48.0 Å². The number of carbonyl (C=O) groups excluding carboxylic acids is 1. The zero-order valence-electron chi connectivity index (χ0n) is 17.1. The van der Waals surface area contributed by atoms with Gasteiger partial charge in [0.2, 0.25) is 0 Å².